The van der Waals surface area contributed by atoms with Gasteiger partial charge in [-0.25, -0.2) is 4.98 Å². The van der Waals surface area contributed by atoms with Crippen LogP contribution in [-0.2, 0) is 0 Å². The van der Waals surface area contributed by atoms with Crippen LogP contribution in [0.5, 0.6) is 5.75 Å². The van der Waals surface area contributed by atoms with E-state index in [2.05, 4.69) is 23.7 Å². The third kappa shape index (κ3) is 3.59. The molecule has 0 radical (unpaired) electrons. The monoisotopic (exact) mass is 268 g/mol. The first kappa shape index (κ1) is 13.6. The Morgan fingerprint density at radius 2 is 2.39 bits per heavy atom. The third-order valence-electron chi connectivity index (χ3n) is 3.73. The largest absolute Gasteiger partial charge is 0.477 e. The van der Waals surface area contributed by atoms with E-state index < -0.39 is 0 Å². The highest BCUT2D eigenvalue weighted by Gasteiger charge is 2.28. The van der Waals surface area contributed by atoms with Crippen LogP contribution in [0.3, 0.4) is 0 Å². The fourth-order valence-corrected chi connectivity index (χ4v) is 2.28. The van der Waals surface area contributed by atoms with E-state index in [9.17, 15) is 0 Å². The Kier molecular flexibility index (Phi) is 4.84. The normalized spacial score (nSPS) is 21.4. The molecule has 4 heteroatoms. The summed E-state index contributed by atoms with van der Waals surface area (Å²) in [5, 5.41) is 0.501. The number of ether oxygens (including phenoxy) is 1. The minimum absolute atomic E-state index is 0.501. The smallest absolute Gasteiger partial charge is 0.142 e. The Hall–Kier alpha value is -0.800. The van der Waals surface area contributed by atoms with E-state index in [1.807, 2.05) is 6.07 Å². The molecule has 1 fully saturated rings. The summed E-state index contributed by atoms with van der Waals surface area (Å²) in [7, 11) is 0. The van der Waals surface area contributed by atoms with Gasteiger partial charge >= 0.3 is 0 Å². The maximum absolute atomic E-state index is 5.73. The number of halogens is 1. The van der Waals surface area contributed by atoms with Gasteiger partial charge in [-0.2, -0.15) is 0 Å². The van der Waals surface area contributed by atoms with Crippen LogP contribution in [0.25, 0.3) is 0 Å². The summed E-state index contributed by atoms with van der Waals surface area (Å²) in [5.41, 5.74) is 0. The van der Waals surface area contributed by atoms with Gasteiger partial charge in [0, 0.05) is 12.6 Å². The Morgan fingerprint density at radius 1 is 1.56 bits per heavy atom. The summed E-state index contributed by atoms with van der Waals surface area (Å²) in [5.74, 6) is 1.59. The lowest BCUT2D eigenvalue weighted by atomic mass is 9.92. The molecule has 0 aromatic carbocycles. The van der Waals surface area contributed by atoms with E-state index in [1.54, 1.807) is 12.3 Å². The van der Waals surface area contributed by atoms with Crippen LogP contribution < -0.4 is 4.74 Å². The van der Waals surface area contributed by atoms with Crippen molar-refractivity contribution in [2.24, 2.45) is 5.92 Å². The molecule has 1 aromatic rings. The van der Waals surface area contributed by atoms with Crippen LogP contribution in [0.4, 0.5) is 0 Å². The zero-order valence-electron chi connectivity index (χ0n) is 11.1. The highest BCUT2D eigenvalue weighted by atomic mass is 35.5. The highest BCUT2D eigenvalue weighted by molar-refractivity contribution is 6.29. The summed E-state index contributed by atoms with van der Waals surface area (Å²) < 4.78 is 5.72. The number of hydrogen-bond donors (Lipinski definition) is 0. The lowest BCUT2D eigenvalue weighted by molar-refractivity contribution is 0.00367. The van der Waals surface area contributed by atoms with E-state index in [0.717, 1.165) is 18.2 Å². The van der Waals surface area contributed by atoms with Gasteiger partial charge in [-0.15, -0.1) is 0 Å². The summed E-state index contributed by atoms with van der Waals surface area (Å²) in [6.45, 7) is 6.37. The van der Waals surface area contributed by atoms with Gasteiger partial charge in [0.25, 0.3) is 0 Å². The lowest BCUT2D eigenvalue weighted by Gasteiger charge is -2.41. The average molecular weight is 269 g/mol. The molecule has 0 N–H and O–H groups in total. The molecule has 1 aromatic heterocycles. The number of rotatable bonds is 6. The van der Waals surface area contributed by atoms with Crippen LogP contribution >= 0.6 is 11.6 Å². The van der Waals surface area contributed by atoms with Crippen LogP contribution in [0.2, 0.25) is 5.15 Å². The van der Waals surface area contributed by atoms with Crippen LogP contribution in [-0.4, -0.2) is 29.2 Å². The van der Waals surface area contributed by atoms with Gasteiger partial charge in [-0.1, -0.05) is 31.9 Å². The molecule has 0 saturated carbocycles. The van der Waals surface area contributed by atoms with Crippen LogP contribution in [0, 0.1) is 5.92 Å². The van der Waals surface area contributed by atoms with Crippen molar-refractivity contribution in [3.63, 3.8) is 0 Å². The SMILES string of the molecule is CC[C@@H](C)C[C@@H]1CCN1COc1ccc(Cl)nc1. The molecule has 1 saturated heterocycles. The molecule has 3 nitrogen and oxygen atoms in total. The zero-order chi connectivity index (χ0) is 13.0. The molecule has 100 valence electrons. The quantitative estimate of drug-likeness (QED) is 0.738. The van der Waals surface area contributed by atoms with Gasteiger partial charge in [-0.05, 0) is 30.9 Å². The van der Waals surface area contributed by atoms with Crippen molar-refractivity contribution < 1.29 is 4.74 Å². The van der Waals surface area contributed by atoms with Crippen molar-refractivity contribution in [1.29, 1.82) is 0 Å². The molecular formula is C14H21ClN2O. The first-order chi connectivity index (χ1) is 8.69. The Morgan fingerprint density at radius 3 is 2.94 bits per heavy atom. The molecule has 1 aliphatic rings. The molecule has 2 atom stereocenters. The second-order valence-electron chi connectivity index (χ2n) is 5.09. The number of hydrogen-bond acceptors (Lipinski definition) is 3. The molecule has 0 aliphatic carbocycles. The summed E-state index contributed by atoms with van der Waals surface area (Å²) >= 11 is 5.73. The van der Waals surface area contributed by atoms with E-state index in [0.29, 0.717) is 17.9 Å². The van der Waals surface area contributed by atoms with Gasteiger partial charge in [-0.3, -0.25) is 4.90 Å². The van der Waals surface area contributed by atoms with E-state index in [1.165, 1.54) is 19.3 Å². The number of nitrogens with zero attached hydrogens (tertiary/aromatic N) is 2. The average Bonchev–Trinajstić information content (AvgIpc) is 2.36. The molecule has 0 unspecified atom stereocenters. The Bertz CT molecular complexity index is 369. The minimum atomic E-state index is 0.501. The summed E-state index contributed by atoms with van der Waals surface area (Å²) in [6, 6.07) is 4.31. The molecule has 0 bridgehead atoms. The van der Waals surface area contributed by atoms with Crippen LogP contribution in [0.1, 0.15) is 33.1 Å². The predicted molar refractivity (Wildman–Crippen MR) is 73.9 cm³/mol. The first-order valence-corrected chi connectivity index (χ1v) is 7.05. The molecule has 2 heterocycles. The van der Waals surface area contributed by atoms with Gasteiger partial charge in [0.15, 0.2) is 0 Å². The van der Waals surface area contributed by atoms with Crippen molar-refractivity contribution in [2.75, 3.05) is 13.3 Å². The maximum Gasteiger partial charge on any atom is 0.142 e. The Labute approximate surface area is 114 Å². The highest BCUT2D eigenvalue weighted by Crippen LogP contribution is 2.25. The molecule has 18 heavy (non-hydrogen) atoms. The zero-order valence-corrected chi connectivity index (χ0v) is 11.9. The van der Waals surface area contributed by atoms with Crippen molar-refractivity contribution >= 4 is 11.6 Å². The number of pyridine rings is 1. The van der Waals surface area contributed by atoms with Crippen molar-refractivity contribution in [3.05, 3.63) is 23.5 Å². The third-order valence-corrected chi connectivity index (χ3v) is 3.96. The topological polar surface area (TPSA) is 25.4 Å². The first-order valence-electron chi connectivity index (χ1n) is 6.67. The van der Waals surface area contributed by atoms with Crippen LogP contribution in [0.15, 0.2) is 18.3 Å². The molecule has 0 amide bonds. The van der Waals surface area contributed by atoms with Gasteiger partial charge in [0.1, 0.15) is 17.6 Å². The lowest BCUT2D eigenvalue weighted by Crippen LogP contribution is -2.49. The van der Waals surface area contributed by atoms with Gasteiger partial charge < -0.3 is 4.74 Å². The minimum Gasteiger partial charge on any atom is -0.477 e. The fraction of sp³-hybridized carbons (Fsp3) is 0.643. The van der Waals surface area contributed by atoms with Gasteiger partial charge in [0.2, 0.25) is 0 Å². The molecular weight excluding hydrogens is 248 g/mol. The predicted octanol–water partition coefficient (Wildman–Crippen LogP) is 3.58. The van der Waals surface area contributed by atoms with Crippen molar-refractivity contribution in [1.82, 2.24) is 9.88 Å². The summed E-state index contributed by atoms with van der Waals surface area (Å²) in [4.78, 5) is 6.39. The van der Waals surface area contributed by atoms with E-state index >= 15 is 0 Å². The standard InChI is InChI=1S/C14H21ClN2O/c1-3-11(2)8-12-6-7-17(12)10-18-13-4-5-14(15)16-9-13/h4-5,9,11-12H,3,6-8,10H2,1-2H3/t11-,12+/m1/s1. The molecule has 1 aliphatic heterocycles. The Balaban J connectivity index is 1.75. The molecule has 0 spiro atoms. The number of aromatic nitrogens is 1. The number of likely N-dealkylation sites (tertiary alicyclic amines) is 1. The van der Waals surface area contributed by atoms with E-state index in [-0.39, 0.29) is 0 Å². The van der Waals surface area contributed by atoms with E-state index in [4.69, 9.17) is 16.3 Å². The maximum atomic E-state index is 5.73. The molecule has 2 rings (SSSR count). The second kappa shape index (κ2) is 6.39. The van der Waals surface area contributed by atoms with Crippen molar-refractivity contribution in [3.8, 4) is 5.75 Å². The van der Waals surface area contributed by atoms with Crippen molar-refractivity contribution in [2.45, 2.75) is 39.2 Å². The second-order valence-corrected chi connectivity index (χ2v) is 5.48. The van der Waals surface area contributed by atoms with Gasteiger partial charge in [0.05, 0.1) is 6.20 Å². The fourth-order valence-electron chi connectivity index (χ4n) is 2.17. The summed E-state index contributed by atoms with van der Waals surface area (Å²) in [6.07, 6.45) is 5.50.